The van der Waals surface area contributed by atoms with E-state index < -0.39 is 11.1 Å². The Kier molecular flexibility index (Phi) is 4.93. The fourth-order valence-electron chi connectivity index (χ4n) is 5.17. The molecular formula is C28H27FN2O3. The Morgan fingerprint density at radius 1 is 1.12 bits per heavy atom. The first-order chi connectivity index (χ1) is 16.2. The number of nitrogens with zero attached hydrogens (tertiary/aromatic N) is 1. The number of hydrogen-bond donors (Lipinski definition) is 1. The lowest BCUT2D eigenvalue weighted by Crippen LogP contribution is -2.59. The summed E-state index contributed by atoms with van der Waals surface area (Å²) < 4.78 is 25.5. The number of nitrogen functional groups attached to an aromatic ring is 1. The highest BCUT2D eigenvalue weighted by molar-refractivity contribution is 5.91. The van der Waals surface area contributed by atoms with E-state index in [0.29, 0.717) is 17.8 Å². The number of fused-ring (bicyclic) bond motifs is 2. The molecule has 1 atom stereocenters. The number of halogens is 1. The van der Waals surface area contributed by atoms with E-state index in [-0.39, 0.29) is 11.8 Å². The van der Waals surface area contributed by atoms with Gasteiger partial charge in [0.2, 0.25) is 5.72 Å². The van der Waals surface area contributed by atoms with Gasteiger partial charge in [-0.2, -0.15) is 0 Å². The molecule has 2 N–H and O–H groups in total. The van der Waals surface area contributed by atoms with Crippen LogP contribution in [0.3, 0.4) is 0 Å². The van der Waals surface area contributed by atoms with Crippen LogP contribution in [0.2, 0.25) is 0 Å². The predicted octanol–water partition coefficient (Wildman–Crippen LogP) is 5.60. The van der Waals surface area contributed by atoms with E-state index in [1.165, 1.54) is 19.2 Å². The Morgan fingerprint density at radius 3 is 2.56 bits per heavy atom. The maximum Gasteiger partial charge on any atom is 0.337 e. The van der Waals surface area contributed by atoms with Crippen molar-refractivity contribution in [3.8, 4) is 5.75 Å². The summed E-state index contributed by atoms with van der Waals surface area (Å²) in [5.41, 5.74) is 10.5. The van der Waals surface area contributed by atoms with Crippen molar-refractivity contribution in [2.45, 2.75) is 38.5 Å². The topological polar surface area (TPSA) is 64.8 Å². The molecule has 5 rings (SSSR count). The van der Waals surface area contributed by atoms with Gasteiger partial charge >= 0.3 is 5.97 Å². The SMILES string of the molecule is COC(=O)c1ccc2c(c1)C(C)(C)C1(C=Cc3cc(N)cc(C)c3O1)N2Cc1ccc(F)cc1. The first kappa shape index (κ1) is 22.0. The van der Waals surface area contributed by atoms with Gasteiger partial charge in [-0.1, -0.05) is 12.1 Å². The zero-order chi connectivity index (χ0) is 24.3. The van der Waals surface area contributed by atoms with Gasteiger partial charge in [-0.15, -0.1) is 0 Å². The van der Waals surface area contributed by atoms with Crippen molar-refractivity contribution in [3.05, 3.63) is 94.3 Å². The molecule has 34 heavy (non-hydrogen) atoms. The molecule has 174 valence electrons. The molecule has 6 heteroatoms. The van der Waals surface area contributed by atoms with Crippen molar-refractivity contribution in [2.24, 2.45) is 0 Å². The molecule has 0 saturated heterocycles. The number of aryl methyl sites for hydroxylation is 1. The summed E-state index contributed by atoms with van der Waals surface area (Å²) in [5, 5.41) is 0. The summed E-state index contributed by atoms with van der Waals surface area (Å²) in [6.45, 7) is 6.69. The highest BCUT2D eigenvalue weighted by Crippen LogP contribution is 2.56. The summed E-state index contributed by atoms with van der Waals surface area (Å²) in [6, 6.07) is 15.9. The third kappa shape index (κ3) is 3.16. The maximum absolute atomic E-state index is 13.6. The first-order valence-corrected chi connectivity index (χ1v) is 11.2. The van der Waals surface area contributed by atoms with Crippen LogP contribution in [0.15, 0.2) is 60.7 Å². The molecule has 0 saturated carbocycles. The number of rotatable bonds is 3. The van der Waals surface area contributed by atoms with E-state index in [1.54, 1.807) is 18.2 Å². The standard InChI is InChI=1S/C28H27FN2O3/c1-17-13-22(30)14-19-11-12-28(34-25(17)19)27(2,3)23-15-20(26(32)33-4)7-10-24(23)31(28)16-18-5-8-21(29)9-6-18/h5-15H,16,30H2,1-4H3. The molecule has 0 amide bonds. The predicted molar refractivity (Wildman–Crippen MR) is 131 cm³/mol. The molecule has 0 fully saturated rings. The van der Waals surface area contributed by atoms with E-state index in [0.717, 1.165) is 33.7 Å². The van der Waals surface area contributed by atoms with Gasteiger partial charge in [0.25, 0.3) is 0 Å². The Labute approximate surface area is 198 Å². The Balaban J connectivity index is 1.70. The zero-order valence-electron chi connectivity index (χ0n) is 19.7. The number of ether oxygens (including phenoxy) is 2. The molecule has 2 aliphatic rings. The van der Waals surface area contributed by atoms with Crippen LogP contribution in [0.1, 0.15) is 46.5 Å². The summed E-state index contributed by atoms with van der Waals surface area (Å²) in [7, 11) is 1.38. The summed E-state index contributed by atoms with van der Waals surface area (Å²) in [4.78, 5) is 14.5. The first-order valence-electron chi connectivity index (χ1n) is 11.2. The molecule has 2 heterocycles. The molecule has 1 spiro atoms. The van der Waals surface area contributed by atoms with Crippen molar-refractivity contribution in [1.29, 1.82) is 0 Å². The lowest BCUT2D eigenvalue weighted by atomic mass is 9.76. The van der Waals surface area contributed by atoms with Crippen LogP contribution in [-0.2, 0) is 16.7 Å². The van der Waals surface area contributed by atoms with Crippen LogP contribution >= 0.6 is 0 Å². The van der Waals surface area contributed by atoms with Crippen molar-refractivity contribution in [2.75, 3.05) is 17.7 Å². The number of nitrogens with two attached hydrogens (primary N) is 1. The van der Waals surface area contributed by atoms with Crippen LogP contribution in [0.5, 0.6) is 5.75 Å². The van der Waals surface area contributed by atoms with Crippen molar-refractivity contribution in [1.82, 2.24) is 0 Å². The molecule has 5 nitrogen and oxygen atoms in total. The van der Waals surface area contributed by atoms with Crippen LogP contribution < -0.4 is 15.4 Å². The fraction of sp³-hybridized carbons (Fsp3) is 0.250. The van der Waals surface area contributed by atoms with E-state index in [2.05, 4.69) is 30.9 Å². The van der Waals surface area contributed by atoms with Crippen LogP contribution in [0.25, 0.3) is 6.08 Å². The van der Waals surface area contributed by atoms with Gasteiger partial charge in [-0.05, 0) is 92.1 Å². The number of hydrogen-bond acceptors (Lipinski definition) is 5. The van der Waals surface area contributed by atoms with Crippen molar-refractivity contribution >= 4 is 23.4 Å². The Morgan fingerprint density at radius 2 is 1.85 bits per heavy atom. The van der Waals surface area contributed by atoms with Gasteiger partial charge < -0.3 is 20.1 Å². The minimum atomic E-state index is -0.883. The normalized spacial score (nSPS) is 19.5. The lowest BCUT2D eigenvalue weighted by Gasteiger charge is -2.47. The maximum atomic E-state index is 13.6. The minimum absolute atomic E-state index is 0.278. The van der Waals surface area contributed by atoms with E-state index in [1.807, 2.05) is 31.2 Å². The third-order valence-electron chi connectivity index (χ3n) is 7.00. The molecule has 1 unspecified atom stereocenters. The zero-order valence-corrected chi connectivity index (χ0v) is 19.7. The second-order valence-corrected chi connectivity index (χ2v) is 9.45. The van der Waals surface area contributed by atoms with Gasteiger partial charge in [0, 0.05) is 23.5 Å². The molecule has 0 aromatic heterocycles. The van der Waals surface area contributed by atoms with Gasteiger partial charge in [0.05, 0.1) is 18.1 Å². The van der Waals surface area contributed by atoms with Crippen LogP contribution in [0, 0.1) is 12.7 Å². The molecule has 2 aliphatic heterocycles. The number of carbonyl (C=O) groups is 1. The van der Waals surface area contributed by atoms with Gasteiger partial charge in [0.15, 0.2) is 0 Å². The number of benzene rings is 3. The highest BCUT2D eigenvalue weighted by Gasteiger charge is 2.59. The fourth-order valence-corrected chi connectivity index (χ4v) is 5.17. The molecule has 3 aromatic rings. The Bertz CT molecular complexity index is 1330. The van der Waals surface area contributed by atoms with Crippen LogP contribution in [-0.4, -0.2) is 18.8 Å². The number of esters is 1. The highest BCUT2D eigenvalue weighted by atomic mass is 19.1. The lowest BCUT2D eigenvalue weighted by molar-refractivity contribution is 0.0512. The van der Waals surface area contributed by atoms with Crippen LogP contribution in [0.4, 0.5) is 15.8 Å². The molecule has 0 aliphatic carbocycles. The smallest absolute Gasteiger partial charge is 0.337 e. The average molecular weight is 459 g/mol. The molecule has 3 aromatic carbocycles. The minimum Gasteiger partial charge on any atom is -0.465 e. The summed E-state index contributed by atoms with van der Waals surface area (Å²) >= 11 is 0. The summed E-state index contributed by atoms with van der Waals surface area (Å²) in [5.74, 6) is 0.107. The second-order valence-electron chi connectivity index (χ2n) is 9.45. The molecule has 0 radical (unpaired) electrons. The quantitative estimate of drug-likeness (QED) is 0.409. The number of anilines is 2. The third-order valence-corrected chi connectivity index (χ3v) is 7.00. The summed E-state index contributed by atoms with van der Waals surface area (Å²) in [6.07, 6.45) is 4.12. The second kappa shape index (κ2) is 7.62. The Hall–Kier alpha value is -3.80. The van der Waals surface area contributed by atoms with E-state index in [9.17, 15) is 9.18 Å². The molecular weight excluding hydrogens is 431 g/mol. The number of methoxy groups -OCH3 is 1. The van der Waals surface area contributed by atoms with Gasteiger partial charge in [-0.25, -0.2) is 9.18 Å². The van der Waals surface area contributed by atoms with Crippen molar-refractivity contribution < 1.29 is 18.7 Å². The molecule has 0 bridgehead atoms. The van der Waals surface area contributed by atoms with E-state index >= 15 is 0 Å². The van der Waals surface area contributed by atoms with Gasteiger partial charge in [-0.3, -0.25) is 0 Å². The van der Waals surface area contributed by atoms with E-state index in [4.69, 9.17) is 15.2 Å². The van der Waals surface area contributed by atoms with Gasteiger partial charge in [0.1, 0.15) is 11.6 Å². The monoisotopic (exact) mass is 458 g/mol. The van der Waals surface area contributed by atoms with Crippen molar-refractivity contribution in [3.63, 3.8) is 0 Å². The number of carbonyl (C=O) groups excluding carboxylic acids is 1. The largest absolute Gasteiger partial charge is 0.465 e. The average Bonchev–Trinajstić information content (AvgIpc) is 2.98.